The Bertz CT molecular complexity index is 506. The van der Waals surface area contributed by atoms with Crippen LogP contribution < -0.4 is 16.4 Å². The number of hydrogen-bond acceptors (Lipinski definition) is 4. The van der Waals surface area contributed by atoms with Crippen LogP contribution in [0.3, 0.4) is 0 Å². The first kappa shape index (κ1) is 15.7. The van der Waals surface area contributed by atoms with Gasteiger partial charge >= 0.3 is 5.97 Å². The van der Waals surface area contributed by atoms with E-state index in [1.165, 1.54) is 0 Å². The average molecular weight is 283 g/mol. The third-order valence-corrected chi connectivity index (χ3v) is 2.61. The predicted octanol–water partition coefficient (Wildman–Crippen LogP) is 1.43. The van der Waals surface area contributed by atoms with E-state index >= 15 is 0 Å². The molecule has 0 heterocycles. The molecule has 6 nitrogen and oxygen atoms in total. The third-order valence-electron chi connectivity index (χ3n) is 2.61. The molecule has 1 aromatic carbocycles. The van der Waals surface area contributed by atoms with Crippen LogP contribution in [0.1, 0.15) is 30.1 Å². The Morgan fingerprint density at radius 3 is 2.65 bits per heavy atom. The summed E-state index contributed by atoms with van der Waals surface area (Å²) >= 11 is 0. The molecular formula is C13H18FN3O3. The van der Waals surface area contributed by atoms with Crippen LogP contribution in [-0.2, 0) is 4.79 Å². The van der Waals surface area contributed by atoms with Crippen molar-refractivity contribution >= 4 is 23.3 Å². The lowest BCUT2D eigenvalue weighted by Gasteiger charge is -2.10. The lowest BCUT2D eigenvalue weighted by atomic mass is 10.1. The largest absolute Gasteiger partial charge is 0.478 e. The van der Waals surface area contributed by atoms with Crippen molar-refractivity contribution in [3.63, 3.8) is 0 Å². The van der Waals surface area contributed by atoms with Gasteiger partial charge in [-0.15, -0.1) is 0 Å². The molecule has 0 saturated carbocycles. The number of nitrogens with two attached hydrogens (primary N) is 1. The van der Waals surface area contributed by atoms with E-state index in [2.05, 4.69) is 10.6 Å². The smallest absolute Gasteiger partial charge is 0.337 e. The van der Waals surface area contributed by atoms with Crippen LogP contribution in [0, 0.1) is 5.82 Å². The molecule has 7 heteroatoms. The normalized spacial score (nSPS) is 10.1. The molecule has 1 rings (SSSR count). The zero-order valence-electron chi connectivity index (χ0n) is 11.2. The van der Waals surface area contributed by atoms with Crippen LogP contribution in [0.15, 0.2) is 12.1 Å². The Kier molecular flexibility index (Phi) is 5.76. The number of amides is 1. The van der Waals surface area contributed by atoms with Gasteiger partial charge in [-0.05, 0) is 18.6 Å². The molecule has 0 radical (unpaired) electrons. The number of nitrogens with one attached hydrogen (secondary N) is 2. The van der Waals surface area contributed by atoms with Crippen LogP contribution in [0.25, 0.3) is 0 Å². The van der Waals surface area contributed by atoms with Gasteiger partial charge < -0.3 is 21.5 Å². The summed E-state index contributed by atoms with van der Waals surface area (Å²) in [5, 5.41) is 14.3. The van der Waals surface area contributed by atoms with Crippen molar-refractivity contribution in [2.75, 3.05) is 24.1 Å². The van der Waals surface area contributed by atoms with Crippen molar-refractivity contribution in [1.82, 2.24) is 5.32 Å². The minimum atomic E-state index is -1.23. The van der Waals surface area contributed by atoms with Gasteiger partial charge in [0.15, 0.2) is 0 Å². The second kappa shape index (κ2) is 7.32. The number of carbonyl (C=O) groups is 2. The van der Waals surface area contributed by atoms with Crippen molar-refractivity contribution in [3.8, 4) is 0 Å². The summed E-state index contributed by atoms with van der Waals surface area (Å²) in [6.07, 6.45) is 1.01. The SMILES string of the molecule is CCCNC(=O)CCNc1cc(C(=O)O)c(N)cc1F. The first-order chi connectivity index (χ1) is 9.45. The zero-order chi connectivity index (χ0) is 15.1. The van der Waals surface area contributed by atoms with Gasteiger partial charge in [-0.3, -0.25) is 4.79 Å². The van der Waals surface area contributed by atoms with E-state index in [1.54, 1.807) is 0 Å². The molecule has 0 aliphatic rings. The quantitative estimate of drug-likeness (QED) is 0.567. The predicted molar refractivity (Wildman–Crippen MR) is 74.2 cm³/mol. The van der Waals surface area contributed by atoms with Gasteiger partial charge in [0, 0.05) is 25.2 Å². The number of nitrogen functional groups attached to an aromatic ring is 1. The number of hydrogen-bond donors (Lipinski definition) is 4. The lowest BCUT2D eigenvalue weighted by molar-refractivity contribution is -0.120. The number of halogens is 1. The standard InChI is InChI=1S/C13H18FN3O3/c1-2-4-17-12(18)3-5-16-11-6-8(13(19)20)10(15)7-9(11)14/h6-7,16H,2-5,15H2,1H3,(H,17,18)(H,19,20). The maximum absolute atomic E-state index is 13.6. The fraction of sp³-hybridized carbons (Fsp3) is 0.385. The van der Waals surface area contributed by atoms with Crippen LogP contribution in [-0.4, -0.2) is 30.1 Å². The lowest BCUT2D eigenvalue weighted by Crippen LogP contribution is -2.26. The molecule has 0 bridgehead atoms. The van der Waals surface area contributed by atoms with Crippen molar-refractivity contribution in [2.24, 2.45) is 0 Å². The average Bonchev–Trinajstić information content (AvgIpc) is 2.38. The van der Waals surface area contributed by atoms with Gasteiger partial charge in [0.1, 0.15) is 5.82 Å². The molecule has 0 aromatic heterocycles. The molecule has 0 atom stereocenters. The highest BCUT2D eigenvalue weighted by molar-refractivity contribution is 5.94. The first-order valence-corrected chi connectivity index (χ1v) is 6.28. The summed E-state index contributed by atoms with van der Waals surface area (Å²) in [6.45, 7) is 2.74. The van der Waals surface area contributed by atoms with E-state index in [9.17, 15) is 14.0 Å². The minimum absolute atomic E-state index is 0.0138. The van der Waals surface area contributed by atoms with Gasteiger partial charge in [-0.25, -0.2) is 9.18 Å². The molecule has 5 N–H and O–H groups in total. The van der Waals surface area contributed by atoms with Crippen LogP contribution >= 0.6 is 0 Å². The second-order valence-electron chi connectivity index (χ2n) is 4.25. The molecule has 20 heavy (non-hydrogen) atoms. The van der Waals surface area contributed by atoms with Gasteiger partial charge in [-0.1, -0.05) is 6.92 Å². The summed E-state index contributed by atoms with van der Waals surface area (Å²) in [4.78, 5) is 22.2. The summed E-state index contributed by atoms with van der Waals surface area (Å²) < 4.78 is 13.6. The Morgan fingerprint density at radius 1 is 1.35 bits per heavy atom. The fourth-order valence-corrected chi connectivity index (χ4v) is 1.57. The van der Waals surface area contributed by atoms with Gasteiger partial charge in [0.25, 0.3) is 0 Å². The van der Waals surface area contributed by atoms with Gasteiger partial charge in [0.2, 0.25) is 5.91 Å². The topological polar surface area (TPSA) is 104 Å². The summed E-state index contributed by atoms with van der Waals surface area (Å²) in [5.41, 5.74) is 5.11. The van der Waals surface area contributed by atoms with E-state index in [0.29, 0.717) is 6.54 Å². The highest BCUT2D eigenvalue weighted by Gasteiger charge is 2.13. The number of anilines is 2. The highest BCUT2D eigenvalue weighted by Crippen LogP contribution is 2.22. The van der Waals surface area contributed by atoms with Crippen molar-refractivity contribution in [2.45, 2.75) is 19.8 Å². The summed E-state index contributed by atoms with van der Waals surface area (Å²) in [7, 11) is 0. The van der Waals surface area contributed by atoms with E-state index in [4.69, 9.17) is 10.8 Å². The molecule has 110 valence electrons. The zero-order valence-corrected chi connectivity index (χ0v) is 11.2. The monoisotopic (exact) mass is 283 g/mol. The molecule has 1 aromatic rings. The number of carboxylic acids is 1. The summed E-state index contributed by atoms with van der Waals surface area (Å²) in [5.74, 6) is -2.03. The van der Waals surface area contributed by atoms with Crippen molar-refractivity contribution < 1.29 is 19.1 Å². The fourth-order valence-electron chi connectivity index (χ4n) is 1.57. The van der Waals surface area contributed by atoms with Crippen molar-refractivity contribution in [1.29, 1.82) is 0 Å². The molecule has 0 saturated heterocycles. The Labute approximate surface area is 116 Å². The van der Waals surface area contributed by atoms with Crippen LogP contribution in [0.5, 0.6) is 0 Å². The molecular weight excluding hydrogens is 265 g/mol. The highest BCUT2D eigenvalue weighted by atomic mass is 19.1. The third kappa shape index (κ3) is 4.42. The van der Waals surface area contributed by atoms with E-state index < -0.39 is 11.8 Å². The van der Waals surface area contributed by atoms with Crippen LogP contribution in [0.4, 0.5) is 15.8 Å². The molecule has 0 aliphatic carbocycles. The van der Waals surface area contributed by atoms with E-state index in [1.807, 2.05) is 6.92 Å². The molecule has 0 unspecified atom stereocenters. The maximum Gasteiger partial charge on any atom is 0.337 e. The second-order valence-corrected chi connectivity index (χ2v) is 4.25. The Morgan fingerprint density at radius 2 is 2.05 bits per heavy atom. The van der Waals surface area contributed by atoms with Crippen molar-refractivity contribution in [3.05, 3.63) is 23.5 Å². The number of aromatic carboxylic acids is 1. The number of carboxylic acid groups (broad SMARTS) is 1. The Balaban J connectivity index is 2.62. The first-order valence-electron chi connectivity index (χ1n) is 6.28. The maximum atomic E-state index is 13.6. The number of carbonyl (C=O) groups excluding carboxylic acids is 1. The minimum Gasteiger partial charge on any atom is -0.478 e. The molecule has 0 aliphatic heterocycles. The number of benzene rings is 1. The van der Waals surface area contributed by atoms with Gasteiger partial charge in [0.05, 0.1) is 11.3 Å². The molecule has 1 amide bonds. The number of rotatable bonds is 7. The van der Waals surface area contributed by atoms with Crippen LogP contribution in [0.2, 0.25) is 0 Å². The molecule has 0 spiro atoms. The molecule has 0 fully saturated rings. The summed E-state index contributed by atoms with van der Waals surface area (Å²) in [6, 6.07) is 2.07. The van der Waals surface area contributed by atoms with Gasteiger partial charge in [-0.2, -0.15) is 0 Å². The van der Waals surface area contributed by atoms with E-state index in [0.717, 1.165) is 18.6 Å². The Hall–Kier alpha value is -2.31. The van der Waals surface area contributed by atoms with E-state index in [-0.39, 0.29) is 35.8 Å².